The van der Waals surface area contributed by atoms with Gasteiger partial charge in [0.15, 0.2) is 5.76 Å². The summed E-state index contributed by atoms with van der Waals surface area (Å²) in [5, 5.41) is 2.73. The minimum atomic E-state index is -0.979. The molecule has 4 rings (SSSR count). The molecule has 2 aliphatic rings. The smallest absolute Gasteiger partial charge is 0.338 e. The molecule has 1 aromatic carbocycles. The minimum Gasteiger partial charge on any atom is -0.463 e. The first kappa shape index (κ1) is 24.5. The molecule has 0 aliphatic carbocycles. The first-order valence-electron chi connectivity index (χ1n) is 11.6. The highest BCUT2D eigenvalue weighted by atomic mass is 19.1. The van der Waals surface area contributed by atoms with Crippen molar-refractivity contribution in [3.8, 4) is 0 Å². The third-order valence-electron chi connectivity index (χ3n) is 6.37. The number of nitrogens with zero attached hydrogens (tertiary/aromatic N) is 3. The van der Waals surface area contributed by atoms with Crippen LogP contribution >= 0.6 is 0 Å². The molecule has 1 aromatic heterocycles. The zero-order chi connectivity index (χ0) is 25.1. The van der Waals surface area contributed by atoms with Crippen molar-refractivity contribution < 1.29 is 27.9 Å². The van der Waals surface area contributed by atoms with Crippen LogP contribution in [0.25, 0.3) is 0 Å². The van der Waals surface area contributed by atoms with Gasteiger partial charge in [-0.2, -0.15) is 0 Å². The van der Waals surface area contributed by atoms with Gasteiger partial charge in [0.1, 0.15) is 5.82 Å². The number of esters is 1. The fourth-order valence-electron chi connectivity index (χ4n) is 4.57. The molecule has 0 spiro atoms. The van der Waals surface area contributed by atoms with Crippen molar-refractivity contribution in [2.45, 2.75) is 25.9 Å². The van der Waals surface area contributed by atoms with E-state index in [-0.39, 0.29) is 42.0 Å². The van der Waals surface area contributed by atoms with E-state index in [2.05, 4.69) is 10.2 Å². The molecule has 0 unspecified atom stereocenters. The van der Waals surface area contributed by atoms with Gasteiger partial charge in [0.05, 0.1) is 24.5 Å². The number of amides is 3. The Morgan fingerprint density at radius 2 is 1.97 bits per heavy atom. The van der Waals surface area contributed by atoms with Gasteiger partial charge < -0.3 is 19.4 Å². The number of piperazine rings is 1. The van der Waals surface area contributed by atoms with Crippen molar-refractivity contribution in [3.05, 3.63) is 71.1 Å². The summed E-state index contributed by atoms with van der Waals surface area (Å²) in [7, 11) is 1.57. The summed E-state index contributed by atoms with van der Waals surface area (Å²) in [5.74, 6) is -1.03. The van der Waals surface area contributed by atoms with Crippen molar-refractivity contribution in [3.63, 3.8) is 0 Å². The van der Waals surface area contributed by atoms with Crippen LogP contribution in [0.5, 0.6) is 0 Å². The van der Waals surface area contributed by atoms with Crippen LogP contribution in [0.2, 0.25) is 0 Å². The lowest BCUT2D eigenvalue weighted by Crippen LogP contribution is -2.56. The maximum absolute atomic E-state index is 14.7. The molecule has 35 heavy (non-hydrogen) atoms. The summed E-state index contributed by atoms with van der Waals surface area (Å²) < 4.78 is 25.3. The Hall–Kier alpha value is -3.66. The van der Waals surface area contributed by atoms with Crippen molar-refractivity contribution in [2.75, 3.05) is 39.8 Å². The van der Waals surface area contributed by atoms with Gasteiger partial charge in [-0.25, -0.2) is 14.0 Å². The zero-order valence-electron chi connectivity index (χ0n) is 20.0. The largest absolute Gasteiger partial charge is 0.463 e. The minimum absolute atomic E-state index is 0.127. The van der Waals surface area contributed by atoms with E-state index < -0.39 is 23.9 Å². The lowest BCUT2D eigenvalue weighted by atomic mass is 9.93. The van der Waals surface area contributed by atoms with Gasteiger partial charge in [0.2, 0.25) is 0 Å². The number of likely N-dealkylation sites (N-methyl/N-ethyl adjacent to an activating group) is 1. The normalized spacial score (nSPS) is 21.2. The van der Waals surface area contributed by atoms with Crippen molar-refractivity contribution in [2.24, 2.45) is 0 Å². The van der Waals surface area contributed by atoms with Crippen LogP contribution in [0.3, 0.4) is 0 Å². The number of hydrogen-bond donors (Lipinski definition) is 1. The standard InChI is InChI=1S/C25H29FN4O5/c1-4-34-24(32)21-19(28(3)25(33)27-22(21)17-8-5-6-9-18(17)26)15-29-11-12-30(16(2)14-29)23(31)20-10-7-13-35-20/h5-10,13,16,22H,4,11-12,14-15H2,1-3H3,(H,27,33)/t16-,22+/m1/s1. The molecule has 1 N–H and O–H groups in total. The fraction of sp³-hybridized carbons (Fsp3) is 0.400. The van der Waals surface area contributed by atoms with E-state index in [4.69, 9.17) is 9.15 Å². The topological polar surface area (TPSA) is 95.3 Å². The van der Waals surface area contributed by atoms with Crippen molar-refractivity contribution in [1.29, 1.82) is 0 Å². The van der Waals surface area contributed by atoms with E-state index in [1.165, 1.54) is 17.2 Å². The van der Waals surface area contributed by atoms with Gasteiger partial charge in [-0.05, 0) is 32.0 Å². The second-order valence-electron chi connectivity index (χ2n) is 8.60. The van der Waals surface area contributed by atoms with Crippen LogP contribution in [0, 0.1) is 5.82 Å². The van der Waals surface area contributed by atoms with E-state index in [1.807, 2.05) is 6.92 Å². The number of rotatable bonds is 6. The molecule has 3 heterocycles. The molecule has 9 nitrogen and oxygen atoms in total. The lowest BCUT2D eigenvalue weighted by molar-refractivity contribution is -0.139. The third kappa shape index (κ3) is 4.93. The third-order valence-corrected chi connectivity index (χ3v) is 6.37. The maximum atomic E-state index is 14.7. The first-order valence-corrected chi connectivity index (χ1v) is 11.6. The summed E-state index contributed by atoms with van der Waals surface area (Å²) in [6.45, 7) is 5.53. The van der Waals surface area contributed by atoms with Crippen LogP contribution in [0.4, 0.5) is 9.18 Å². The van der Waals surface area contributed by atoms with Gasteiger partial charge in [-0.1, -0.05) is 18.2 Å². The number of halogens is 1. The summed E-state index contributed by atoms with van der Waals surface area (Å²) in [6, 6.07) is 7.80. The second kappa shape index (κ2) is 10.3. The predicted molar refractivity (Wildman–Crippen MR) is 125 cm³/mol. The van der Waals surface area contributed by atoms with Crippen LogP contribution < -0.4 is 5.32 Å². The summed E-state index contributed by atoms with van der Waals surface area (Å²) in [5.41, 5.74) is 0.830. The van der Waals surface area contributed by atoms with E-state index in [1.54, 1.807) is 49.2 Å². The molecule has 0 bridgehead atoms. The highest BCUT2D eigenvalue weighted by Gasteiger charge is 2.39. The Kier molecular flexibility index (Phi) is 7.20. The second-order valence-corrected chi connectivity index (χ2v) is 8.60. The Bertz CT molecular complexity index is 1130. The average Bonchev–Trinajstić information content (AvgIpc) is 3.37. The van der Waals surface area contributed by atoms with Gasteiger partial charge in [0, 0.05) is 50.5 Å². The van der Waals surface area contributed by atoms with E-state index in [0.29, 0.717) is 25.3 Å². The SMILES string of the molecule is CCOC(=O)C1=C(CN2CCN(C(=O)c3ccco3)[C@H](C)C2)N(C)C(=O)N[C@H]1c1ccccc1F. The number of hydrogen-bond acceptors (Lipinski definition) is 6. The monoisotopic (exact) mass is 484 g/mol. The molecular formula is C25H29FN4O5. The molecule has 1 saturated heterocycles. The molecular weight excluding hydrogens is 455 g/mol. The average molecular weight is 485 g/mol. The van der Waals surface area contributed by atoms with Gasteiger partial charge in [0.25, 0.3) is 5.91 Å². The number of furan rings is 1. The molecule has 0 saturated carbocycles. The zero-order valence-corrected chi connectivity index (χ0v) is 20.0. The van der Waals surface area contributed by atoms with E-state index >= 15 is 0 Å². The van der Waals surface area contributed by atoms with Gasteiger partial charge in [-0.3, -0.25) is 14.6 Å². The van der Waals surface area contributed by atoms with E-state index in [9.17, 15) is 18.8 Å². The number of ether oxygens (including phenoxy) is 1. The Morgan fingerprint density at radius 1 is 1.20 bits per heavy atom. The Labute approximate surface area is 203 Å². The quantitative estimate of drug-likeness (QED) is 0.634. The summed E-state index contributed by atoms with van der Waals surface area (Å²) >= 11 is 0. The van der Waals surface area contributed by atoms with Crippen LogP contribution in [0.1, 0.15) is 36.0 Å². The summed E-state index contributed by atoms with van der Waals surface area (Å²) in [4.78, 5) is 43.8. The molecule has 186 valence electrons. The molecule has 0 radical (unpaired) electrons. The fourth-order valence-corrected chi connectivity index (χ4v) is 4.57. The highest BCUT2D eigenvalue weighted by molar-refractivity contribution is 5.95. The number of benzene rings is 1. The first-order chi connectivity index (χ1) is 16.8. The van der Waals surface area contributed by atoms with Crippen LogP contribution in [0.15, 0.2) is 58.3 Å². The van der Waals surface area contributed by atoms with Gasteiger partial charge >= 0.3 is 12.0 Å². The molecule has 2 atom stereocenters. The number of urea groups is 1. The van der Waals surface area contributed by atoms with Crippen molar-refractivity contribution >= 4 is 17.9 Å². The predicted octanol–water partition coefficient (Wildman–Crippen LogP) is 2.78. The number of nitrogens with one attached hydrogen (secondary N) is 1. The highest BCUT2D eigenvalue weighted by Crippen LogP contribution is 2.33. The van der Waals surface area contributed by atoms with Crippen LogP contribution in [-0.4, -0.2) is 78.5 Å². The lowest BCUT2D eigenvalue weighted by Gasteiger charge is -2.42. The maximum Gasteiger partial charge on any atom is 0.338 e. The number of carbonyl (C=O) groups excluding carboxylic acids is 3. The van der Waals surface area contributed by atoms with Crippen LogP contribution in [-0.2, 0) is 9.53 Å². The summed E-state index contributed by atoms with van der Waals surface area (Å²) in [6.07, 6.45) is 1.47. The molecule has 2 aliphatic heterocycles. The molecule has 10 heteroatoms. The number of carbonyl (C=O) groups is 3. The Balaban J connectivity index is 1.62. The Morgan fingerprint density at radius 3 is 2.63 bits per heavy atom. The molecule has 1 fully saturated rings. The van der Waals surface area contributed by atoms with Crippen molar-refractivity contribution in [1.82, 2.24) is 20.0 Å². The molecule has 3 amide bonds. The molecule has 2 aromatic rings. The van der Waals surface area contributed by atoms with E-state index in [0.717, 1.165) is 0 Å². The van der Waals surface area contributed by atoms with Gasteiger partial charge in [-0.15, -0.1) is 0 Å².